The standard InChI is InChI=1S/C9H15BrO2S/c1-6(10)7(11)5-8(12)13-9(2,3)4/h6H,5H2,1-4H3. The number of carbonyl (C=O) groups is 2. The normalized spacial score (nSPS) is 13.9. The van der Waals surface area contributed by atoms with Crippen LogP contribution in [0, 0.1) is 0 Å². The summed E-state index contributed by atoms with van der Waals surface area (Å²) in [4.78, 5) is 22.2. The monoisotopic (exact) mass is 266 g/mol. The molecule has 0 spiro atoms. The summed E-state index contributed by atoms with van der Waals surface area (Å²) in [7, 11) is 0. The first-order valence-corrected chi connectivity index (χ1v) is 5.84. The molecule has 0 aromatic carbocycles. The molecule has 0 fully saturated rings. The molecule has 0 radical (unpaired) electrons. The highest BCUT2D eigenvalue weighted by atomic mass is 79.9. The van der Waals surface area contributed by atoms with Crippen LogP contribution < -0.4 is 0 Å². The van der Waals surface area contributed by atoms with Crippen LogP contribution >= 0.6 is 27.7 Å². The smallest absolute Gasteiger partial charge is 0.196 e. The topological polar surface area (TPSA) is 34.1 Å². The first kappa shape index (κ1) is 13.2. The van der Waals surface area contributed by atoms with E-state index in [-0.39, 0.29) is 26.9 Å². The van der Waals surface area contributed by atoms with Gasteiger partial charge in [-0.25, -0.2) is 0 Å². The third-order valence-electron chi connectivity index (χ3n) is 1.18. The van der Waals surface area contributed by atoms with Gasteiger partial charge in [-0.2, -0.15) is 0 Å². The number of halogens is 1. The van der Waals surface area contributed by atoms with E-state index in [0.717, 1.165) is 0 Å². The average molecular weight is 267 g/mol. The molecule has 2 nitrogen and oxygen atoms in total. The molecule has 0 saturated heterocycles. The molecule has 0 N–H and O–H groups in total. The van der Waals surface area contributed by atoms with Crippen molar-refractivity contribution in [2.24, 2.45) is 0 Å². The van der Waals surface area contributed by atoms with Crippen molar-refractivity contribution in [2.75, 3.05) is 0 Å². The lowest BCUT2D eigenvalue weighted by molar-refractivity contribution is -0.122. The van der Waals surface area contributed by atoms with Gasteiger partial charge in [-0.3, -0.25) is 9.59 Å². The van der Waals surface area contributed by atoms with Crippen molar-refractivity contribution in [1.29, 1.82) is 0 Å². The minimum absolute atomic E-state index is 0.0222. The number of thioether (sulfide) groups is 1. The van der Waals surface area contributed by atoms with Crippen molar-refractivity contribution < 1.29 is 9.59 Å². The second-order valence-corrected chi connectivity index (χ2v) is 7.10. The van der Waals surface area contributed by atoms with E-state index in [1.165, 1.54) is 11.8 Å². The molecule has 1 unspecified atom stereocenters. The first-order chi connectivity index (χ1) is 5.72. The van der Waals surface area contributed by atoms with Gasteiger partial charge in [0, 0.05) is 4.75 Å². The Balaban J connectivity index is 3.96. The highest BCUT2D eigenvalue weighted by molar-refractivity contribution is 9.10. The van der Waals surface area contributed by atoms with E-state index in [2.05, 4.69) is 15.9 Å². The van der Waals surface area contributed by atoms with Crippen LogP contribution in [0.5, 0.6) is 0 Å². The minimum atomic E-state index is -0.225. The van der Waals surface area contributed by atoms with Crippen LogP contribution in [0.2, 0.25) is 0 Å². The van der Waals surface area contributed by atoms with Gasteiger partial charge in [-0.05, 0) is 6.92 Å². The Kier molecular flexibility index (Phi) is 5.22. The Bertz CT molecular complexity index is 206. The largest absolute Gasteiger partial charge is 0.298 e. The second-order valence-electron chi connectivity index (χ2n) is 3.85. The molecular weight excluding hydrogens is 252 g/mol. The van der Waals surface area contributed by atoms with Gasteiger partial charge in [-0.15, -0.1) is 0 Å². The third kappa shape index (κ3) is 7.26. The van der Waals surface area contributed by atoms with Crippen molar-refractivity contribution in [3.63, 3.8) is 0 Å². The van der Waals surface area contributed by atoms with Gasteiger partial charge in [0.25, 0.3) is 0 Å². The lowest BCUT2D eigenvalue weighted by Crippen LogP contribution is -2.17. The van der Waals surface area contributed by atoms with Crippen LogP contribution in [0.1, 0.15) is 34.1 Å². The summed E-state index contributed by atoms with van der Waals surface area (Å²) < 4.78 is -0.104. The van der Waals surface area contributed by atoms with Gasteiger partial charge in [0.1, 0.15) is 0 Å². The molecule has 13 heavy (non-hydrogen) atoms. The van der Waals surface area contributed by atoms with Gasteiger partial charge in [0.2, 0.25) is 0 Å². The average Bonchev–Trinajstić information content (AvgIpc) is 1.81. The summed E-state index contributed by atoms with van der Waals surface area (Å²) in [5.74, 6) is -0.0539. The second kappa shape index (κ2) is 5.15. The number of ketones is 1. The number of rotatable bonds is 3. The molecule has 0 saturated carbocycles. The summed E-state index contributed by atoms with van der Waals surface area (Å²) in [6.45, 7) is 7.60. The van der Waals surface area contributed by atoms with E-state index in [1.807, 2.05) is 20.8 Å². The quantitative estimate of drug-likeness (QED) is 0.582. The molecule has 0 bridgehead atoms. The summed E-state index contributed by atoms with van der Waals surface area (Å²) >= 11 is 4.36. The van der Waals surface area contributed by atoms with Crippen molar-refractivity contribution in [3.05, 3.63) is 0 Å². The first-order valence-electron chi connectivity index (χ1n) is 4.11. The fourth-order valence-corrected chi connectivity index (χ4v) is 1.72. The molecule has 76 valence electrons. The van der Waals surface area contributed by atoms with Crippen molar-refractivity contribution in [2.45, 2.75) is 43.7 Å². The Hall–Kier alpha value is 0.170. The number of alkyl halides is 1. The predicted molar refractivity (Wildman–Crippen MR) is 60.4 cm³/mol. The Labute approximate surface area is 92.0 Å². The Morgan fingerprint density at radius 1 is 1.38 bits per heavy atom. The van der Waals surface area contributed by atoms with Crippen LogP contribution in [0.3, 0.4) is 0 Å². The van der Waals surface area contributed by atoms with Gasteiger partial charge in [0.05, 0.1) is 11.2 Å². The molecule has 0 rings (SSSR count). The molecule has 0 aromatic heterocycles. The van der Waals surface area contributed by atoms with Crippen molar-refractivity contribution in [1.82, 2.24) is 0 Å². The van der Waals surface area contributed by atoms with Crippen LogP contribution in [-0.4, -0.2) is 20.5 Å². The fraction of sp³-hybridized carbons (Fsp3) is 0.778. The molecule has 0 aliphatic rings. The molecule has 0 aliphatic heterocycles. The van der Waals surface area contributed by atoms with Crippen LogP contribution in [0.25, 0.3) is 0 Å². The molecule has 1 atom stereocenters. The van der Waals surface area contributed by atoms with E-state index >= 15 is 0 Å². The highest BCUT2D eigenvalue weighted by Gasteiger charge is 2.20. The Morgan fingerprint density at radius 3 is 2.15 bits per heavy atom. The molecule has 4 heteroatoms. The zero-order chi connectivity index (χ0) is 10.6. The maximum Gasteiger partial charge on any atom is 0.196 e. The highest BCUT2D eigenvalue weighted by Crippen LogP contribution is 2.25. The molecule has 0 aromatic rings. The summed E-state index contributed by atoms with van der Waals surface area (Å²) in [5, 5.41) is -0.0520. The molecule has 0 amide bonds. The maximum atomic E-state index is 11.3. The maximum absolute atomic E-state index is 11.3. The summed E-state index contributed by atoms with van der Waals surface area (Å²) in [6.07, 6.45) is 0.0222. The molecular formula is C9H15BrO2S. The van der Waals surface area contributed by atoms with Crippen LogP contribution in [0.4, 0.5) is 0 Å². The third-order valence-corrected chi connectivity index (χ3v) is 2.68. The van der Waals surface area contributed by atoms with Gasteiger partial charge < -0.3 is 0 Å². The summed E-state index contributed by atoms with van der Waals surface area (Å²) in [5.41, 5.74) is 0. The van der Waals surface area contributed by atoms with Crippen molar-refractivity contribution in [3.8, 4) is 0 Å². The summed E-state index contributed by atoms with van der Waals surface area (Å²) in [6, 6.07) is 0. The Morgan fingerprint density at radius 2 is 1.85 bits per heavy atom. The number of hydrogen-bond acceptors (Lipinski definition) is 3. The molecule has 0 heterocycles. The predicted octanol–water partition coefficient (Wildman–Crippen LogP) is 2.79. The zero-order valence-electron chi connectivity index (χ0n) is 8.39. The minimum Gasteiger partial charge on any atom is -0.298 e. The van der Waals surface area contributed by atoms with Crippen LogP contribution in [-0.2, 0) is 9.59 Å². The van der Waals surface area contributed by atoms with E-state index < -0.39 is 0 Å². The van der Waals surface area contributed by atoms with E-state index in [1.54, 1.807) is 6.92 Å². The SMILES string of the molecule is CC(Br)C(=O)CC(=O)SC(C)(C)C. The fourth-order valence-electron chi connectivity index (χ4n) is 0.660. The number of carbonyl (C=O) groups excluding carboxylic acids is 2. The van der Waals surface area contributed by atoms with Gasteiger partial charge in [0.15, 0.2) is 10.9 Å². The van der Waals surface area contributed by atoms with E-state index in [0.29, 0.717) is 0 Å². The number of hydrogen-bond donors (Lipinski definition) is 0. The molecule has 0 aliphatic carbocycles. The van der Waals surface area contributed by atoms with Crippen molar-refractivity contribution >= 4 is 38.6 Å². The van der Waals surface area contributed by atoms with Gasteiger partial charge >= 0.3 is 0 Å². The zero-order valence-corrected chi connectivity index (χ0v) is 10.8. The lowest BCUT2D eigenvalue weighted by atomic mass is 10.2. The number of Topliss-reactive ketones (excluding diaryl/α,β-unsaturated/α-hetero) is 1. The van der Waals surface area contributed by atoms with Gasteiger partial charge in [-0.1, -0.05) is 48.5 Å². The van der Waals surface area contributed by atoms with E-state index in [4.69, 9.17) is 0 Å². The lowest BCUT2D eigenvalue weighted by Gasteiger charge is -2.15. The van der Waals surface area contributed by atoms with Crippen LogP contribution in [0.15, 0.2) is 0 Å². The van der Waals surface area contributed by atoms with E-state index in [9.17, 15) is 9.59 Å².